The second-order valence-corrected chi connectivity index (χ2v) is 10.1. The van der Waals surface area contributed by atoms with Gasteiger partial charge in [-0.15, -0.1) is 0 Å². The third kappa shape index (κ3) is 2.12. The SMILES string of the molecule is CNC1C[C@H]2O[C@@](C)(C1OC)n1c3ccccc3c3c4c(c5c6ccccc6n2c5c31)C(=O)NC4. The van der Waals surface area contributed by atoms with Crippen molar-refractivity contribution in [2.75, 3.05) is 14.2 Å². The van der Waals surface area contributed by atoms with Gasteiger partial charge in [-0.1, -0.05) is 36.4 Å². The molecule has 1 amide bonds. The molecule has 0 spiro atoms. The highest BCUT2D eigenvalue weighted by Crippen LogP contribution is 2.53. The normalized spacial score (nSPS) is 27.3. The van der Waals surface area contributed by atoms with Gasteiger partial charge in [0.05, 0.1) is 27.6 Å². The number of hydrogen-bond donors (Lipinski definition) is 2. The maximum atomic E-state index is 13.3. The van der Waals surface area contributed by atoms with Gasteiger partial charge in [0.25, 0.3) is 5.91 Å². The molecule has 2 aromatic heterocycles. The Labute approximate surface area is 201 Å². The van der Waals surface area contributed by atoms with Gasteiger partial charge in [-0.2, -0.15) is 0 Å². The van der Waals surface area contributed by atoms with E-state index in [9.17, 15) is 4.79 Å². The molecule has 4 atom stereocenters. The molecule has 2 unspecified atom stereocenters. The molecule has 8 rings (SSSR count). The number of aromatic nitrogens is 2. The molecule has 3 aliphatic heterocycles. The number of benzene rings is 3. The van der Waals surface area contributed by atoms with E-state index in [1.807, 2.05) is 7.05 Å². The number of carbonyl (C=O) groups is 1. The van der Waals surface area contributed by atoms with E-state index in [0.717, 1.165) is 61.2 Å². The van der Waals surface area contributed by atoms with Crippen LogP contribution in [0.2, 0.25) is 0 Å². The quantitative estimate of drug-likeness (QED) is 0.406. The highest BCUT2D eigenvalue weighted by Gasteiger charge is 2.53. The maximum absolute atomic E-state index is 13.3. The van der Waals surface area contributed by atoms with Crippen molar-refractivity contribution in [1.82, 2.24) is 19.8 Å². The van der Waals surface area contributed by atoms with Crippen LogP contribution in [0.25, 0.3) is 43.6 Å². The van der Waals surface area contributed by atoms with Crippen molar-refractivity contribution in [1.29, 1.82) is 0 Å². The first kappa shape index (κ1) is 19.9. The van der Waals surface area contributed by atoms with Gasteiger partial charge >= 0.3 is 0 Å². The lowest BCUT2D eigenvalue weighted by Gasteiger charge is -2.48. The highest BCUT2D eigenvalue weighted by molar-refractivity contribution is 6.31. The summed E-state index contributed by atoms with van der Waals surface area (Å²) in [4.78, 5) is 13.3. The summed E-state index contributed by atoms with van der Waals surface area (Å²) in [5.41, 5.74) is 5.51. The van der Waals surface area contributed by atoms with Crippen LogP contribution in [0.1, 0.15) is 35.5 Å². The number of methoxy groups -OCH3 is 1. The topological polar surface area (TPSA) is 69.5 Å². The summed E-state index contributed by atoms with van der Waals surface area (Å²) in [7, 11) is 3.77. The minimum absolute atomic E-state index is 0.00357. The minimum atomic E-state index is -0.760. The molecular weight excluding hydrogens is 440 g/mol. The number of hydrogen-bond acceptors (Lipinski definition) is 4. The van der Waals surface area contributed by atoms with Gasteiger partial charge in [0.1, 0.15) is 12.3 Å². The van der Waals surface area contributed by atoms with Gasteiger partial charge in [0, 0.05) is 47.7 Å². The van der Waals surface area contributed by atoms with E-state index < -0.39 is 5.72 Å². The number of fused-ring (bicyclic) bond motifs is 13. The molecule has 0 saturated carbocycles. The molecule has 0 radical (unpaired) electrons. The summed E-state index contributed by atoms with van der Waals surface area (Å²) in [6.07, 6.45) is 0.337. The Kier molecular flexibility index (Phi) is 3.65. The Hall–Kier alpha value is -3.39. The predicted octanol–water partition coefficient (Wildman–Crippen LogP) is 4.35. The standard InChI is InChI=1S/C28H26N4O3/c1-28-26(34-3)17(29-2)12-20(35-28)31-18-10-6-4-8-14(18)22-23-16(13-30-27(23)33)21-15-9-5-7-11-19(15)32(28)25(21)24(22)31/h4-11,17,20,26,29H,12-13H2,1-3H3,(H,30,33)/t17?,20-,26?,28+/m1/s1. The van der Waals surface area contributed by atoms with Crippen LogP contribution < -0.4 is 10.6 Å². The Balaban J connectivity index is 1.72. The molecule has 2 bridgehead atoms. The molecule has 35 heavy (non-hydrogen) atoms. The zero-order valence-electron chi connectivity index (χ0n) is 19.9. The summed E-state index contributed by atoms with van der Waals surface area (Å²) in [5.74, 6) is 0.00357. The molecule has 3 aromatic carbocycles. The first-order chi connectivity index (χ1) is 17.1. The number of carbonyl (C=O) groups excluding carboxylic acids is 1. The molecule has 1 fully saturated rings. The highest BCUT2D eigenvalue weighted by atomic mass is 16.6. The zero-order chi connectivity index (χ0) is 23.6. The van der Waals surface area contributed by atoms with E-state index in [0.29, 0.717) is 6.54 Å². The van der Waals surface area contributed by atoms with Crippen LogP contribution in [0.15, 0.2) is 48.5 Å². The first-order valence-electron chi connectivity index (χ1n) is 12.3. The molecule has 176 valence electrons. The van der Waals surface area contributed by atoms with Crippen molar-refractivity contribution in [2.45, 2.75) is 44.0 Å². The van der Waals surface area contributed by atoms with Crippen molar-refractivity contribution in [2.24, 2.45) is 0 Å². The van der Waals surface area contributed by atoms with Crippen molar-refractivity contribution in [3.63, 3.8) is 0 Å². The van der Waals surface area contributed by atoms with E-state index >= 15 is 0 Å². The smallest absolute Gasteiger partial charge is 0.252 e. The van der Waals surface area contributed by atoms with Crippen LogP contribution in [0.3, 0.4) is 0 Å². The lowest BCUT2D eigenvalue weighted by molar-refractivity contribution is -0.256. The molecule has 0 aliphatic carbocycles. The van der Waals surface area contributed by atoms with Gasteiger partial charge in [-0.05, 0) is 31.7 Å². The average Bonchev–Trinajstić information content (AvgIpc) is 3.51. The third-order valence-corrected chi connectivity index (χ3v) is 8.60. The predicted molar refractivity (Wildman–Crippen MR) is 136 cm³/mol. The van der Waals surface area contributed by atoms with Crippen LogP contribution >= 0.6 is 0 Å². The summed E-state index contributed by atoms with van der Waals surface area (Å²) >= 11 is 0. The van der Waals surface area contributed by atoms with Crippen molar-refractivity contribution < 1.29 is 14.3 Å². The second kappa shape index (κ2) is 6.43. The van der Waals surface area contributed by atoms with Crippen LogP contribution in [-0.2, 0) is 21.7 Å². The molecule has 2 N–H and O–H groups in total. The largest absolute Gasteiger partial charge is 0.375 e. The summed E-state index contributed by atoms with van der Waals surface area (Å²) in [5, 5.41) is 11.0. The van der Waals surface area contributed by atoms with Crippen molar-refractivity contribution in [3.05, 3.63) is 59.7 Å². The minimum Gasteiger partial charge on any atom is -0.375 e. The van der Waals surface area contributed by atoms with E-state index in [2.05, 4.69) is 75.2 Å². The van der Waals surface area contributed by atoms with E-state index in [-0.39, 0.29) is 24.3 Å². The molecule has 5 heterocycles. The fourth-order valence-corrected chi connectivity index (χ4v) is 7.33. The Morgan fingerprint density at radius 3 is 2.51 bits per heavy atom. The number of amides is 1. The Morgan fingerprint density at radius 2 is 1.77 bits per heavy atom. The number of nitrogens with one attached hydrogen (secondary N) is 2. The number of nitrogens with zero attached hydrogens (tertiary/aromatic N) is 2. The summed E-state index contributed by atoms with van der Waals surface area (Å²) < 4.78 is 18.0. The van der Waals surface area contributed by atoms with E-state index in [4.69, 9.17) is 9.47 Å². The summed E-state index contributed by atoms with van der Waals surface area (Å²) in [6, 6.07) is 17.0. The third-order valence-electron chi connectivity index (χ3n) is 8.60. The van der Waals surface area contributed by atoms with Crippen molar-refractivity contribution in [3.8, 4) is 0 Å². The van der Waals surface area contributed by atoms with Crippen molar-refractivity contribution >= 4 is 49.5 Å². The molecule has 7 heteroatoms. The number of para-hydroxylation sites is 2. The number of rotatable bonds is 2. The van der Waals surface area contributed by atoms with Crippen LogP contribution in [0.4, 0.5) is 0 Å². The Morgan fingerprint density at radius 1 is 1.06 bits per heavy atom. The first-order valence-corrected chi connectivity index (χ1v) is 12.3. The molecular formula is C28H26N4O3. The lowest BCUT2D eigenvalue weighted by atomic mass is 9.93. The zero-order valence-corrected chi connectivity index (χ0v) is 19.9. The van der Waals surface area contributed by atoms with Crippen LogP contribution in [0.5, 0.6) is 0 Å². The monoisotopic (exact) mass is 466 g/mol. The van der Waals surface area contributed by atoms with E-state index in [1.165, 1.54) is 0 Å². The maximum Gasteiger partial charge on any atom is 0.252 e. The molecule has 3 aliphatic rings. The van der Waals surface area contributed by atoms with Gasteiger partial charge in [-0.25, -0.2) is 0 Å². The summed E-state index contributed by atoms with van der Waals surface area (Å²) in [6.45, 7) is 2.68. The molecule has 7 nitrogen and oxygen atoms in total. The fourth-order valence-electron chi connectivity index (χ4n) is 7.33. The van der Waals surface area contributed by atoms with Gasteiger partial charge < -0.3 is 29.2 Å². The molecule has 5 aromatic rings. The van der Waals surface area contributed by atoms with Gasteiger partial charge in [0.2, 0.25) is 0 Å². The molecule has 1 saturated heterocycles. The second-order valence-electron chi connectivity index (χ2n) is 10.1. The fraction of sp³-hybridized carbons (Fsp3) is 0.321. The number of likely N-dealkylation sites (N-methyl/N-ethyl adjacent to an activating group) is 1. The Bertz CT molecular complexity index is 1750. The lowest BCUT2D eigenvalue weighted by Crippen LogP contribution is -2.59. The average molecular weight is 467 g/mol. The van der Waals surface area contributed by atoms with Gasteiger partial charge in [0.15, 0.2) is 5.72 Å². The van der Waals surface area contributed by atoms with Crippen LogP contribution in [-0.4, -0.2) is 41.3 Å². The van der Waals surface area contributed by atoms with Crippen LogP contribution in [0, 0.1) is 0 Å². The number of ether oxygens (including phenoxy) is 2. The van der Waals surface area contributed by atoms with Gasteiger partial charge in [-0.3, -0.25) is 4.79 Å². The van der Waals surface area contributed by atoms with E-state index in [1.54, 1.807) is 7.11 Å².